The van der Waals surface area contributed by atoms with E-state index < -0.39 is 36.7 Å². The number of carboxylic acids is 1. The van der Waals surface area contributed by atoms with E-state index in [0.717, 1.165) is 0 Å². The summed E-state index contributed by atoms with van der Waals surface area (Å²) < 4.78 is 0. The molecule has 0 saturated carbocycles. The molecule has 3 atom stereocenters. The van der Waals surface area contributed by atoms with E-state index >= 15 is 0 Å². The maximum absolute atomic E-state index is 10.5. The second-order valence-electron chi connectivity index (χ2n) is 2.34. The quantitative estimate of drug-likeness (QED) is 0.309. The van der Waals surface area contributed by atoms with Gasteiger partial charge in [-0.05, 0) is 0 Å². The van der Waals surface area contributed by atoms with Gasteiger partial charge in [-0.15, -0.1) is 0 Å². The summed E-state index contributed by atoms with van der Waals surface area (Å²) in [5.41, 5.74) is 0. The van der Waals surface area contributed by atoms with Gasteiger partial charge in [0.1, 0.15) is 18.8 Å². The third-order valence-corrected chi connectivity index (χ3v) is 1.39. The normalized spacial score (nSPS) is 16.3. The minimum atomic E-state index is -2.26. The first-order chi connectivity index (χ1) is 5.91. The van der Waals surface area contributed by atoms with E-state index in [4.69, 9.17) is 25.5 Å². The number of aliphatic hydroxyl groups excluding tert-OH is 4. The van der Waals surface area contributed by atoms with Crippen molar-refractivity contribution in [2.75, 3.05) is 6.61 Å². The van der Waals surface area contributed by atoms with Crippen LogP contribution >= 0.6 is 0 Å². The van der Waals surface area contributed by atoms with E-state index in [1.54, 1.807) is 0 Å². The Bertz CT molecular complexity index is 206. The second kappa shape index (κ2) is 7.85. The van der Waals surface area contributed by atoms with Gasteiger partial charge in [0, 0.05) is 51.4 Å². The Balaban J connectivity index is 0. The SMILES string of the molecule is O=C(O)C(O)C(O)C(O)C(=O)CO.[K]. The van der Waals surface area contributed by atoms with Crippen molar-refractivity contribution in [1.29, 1.82) is 0 Å². The van der Waals surface area contributed by atoms with Crippen LogP contribution in [0.2, 0.25) is 0 Å². The maximum Gasteiger partial charge on any atom is 0.335 e. The maximum atomic E-state index is 10.5. The van der Waals surface area contributed by atoms with Crippen LogP contribution in [0.1, 0.15) is 0 Å². The molecule has 0 saturated heterocycles. The molecule has 5 N–H and O–H groups in total. The van der Waals surface area contributed by atoms with E-state index in [1.807, 2.05) is 0 Å². The third-order valence-electron chi connectivity index (χ3n) is 1.39. The molecule has 0 aliphatic rings. The van der Waals surface area contributed by atoms with E-state index in [1.165, 1.54) is 0 Å². The van der Waals surface area contributed by atoms with Gasteiger partial charge >= 0.3 is 5.97 Å². The van der Waals surface area contributed by atoms with Gasteiger partial charge in [0.05, 0.1) is 0 Å². The molecule has 0 bridgehead atoms. The minimum Gasteiger partial charge on any atom is -0.479 e. The number of ketones is 1. The fourth-order valence-electron chi connectivity index (χ4n) is 0.603. The Labute approximate surface area is 122 Å². The summed E-state index contributed by atoms with van der Waals surface area (Å²) in [6, 6.07) is 0. The zero-order valence-corrected chi connectivity index (χ0v) is 10.6. The first-order valence-electron chi connectivity index (χ1n) is 3.32. The largest absolute Gasteiger partial charge is 0.479 e. The number of aliphatic hydroxyl groups is 4. The second-order valence-corrected chi connectivity index (χ2v) is 2.34. The Morgan fingerprint density at radius 3 is 1.79 bits per heavy atom. The van der Waals surface area contributed by atoms with Gasteiger partial charge < -0.3 is 25.5 Å². The molecule has 3 unspecified atom stereocenters. The molecule has 0 aromatic rings. The van der Waals surface area contributed by atoms with Gasteiger partial charge in [-0.2, -0.15) is 0 Å². The molecule has 0 aliphatic heterocycles. The van der Waals surface area contributed by atoms with Crippen LogP contribution in [0.3, 0.4) is 0 Å². The van der Waals surface area contributed by atoms with Gasteiger partial charge in [-0.1, -0.05) is 0 Å². The molecule has 0 amide bonds. The molecule has 1 radical (unpaired) electrons. The zero-order valence-electron chi connectivity index (χ0n) is 7.49. The zero-order chi connectivity index (χ0) is 10.6. The number of rotatable bonds is 5. The summed E-state index contributed by atoms with van der Waals surface area (Å²) in [7, 11) is 0. The Kier molecular flexibility index (Phi) is 9.55. The van der Waals surface area contributed by atoms with Gasteiger partial charge in [0.15, 0.2) is 11.9 Å². The molecular formula is C6H10KO7. The third kappa shape index (κ3) is 4.91. The van der Waals surface area contributed by atoms with Crippen LogP contribution in [-0.4, -0.2) is 114 Å². The molecule has 0 fully saturated rings. The van der Waals surface area contributed by atoms with Crippen LogP contribution in [0.15, 0.2) is 0 Å². The molecule has 0 spiro atoms. The smallest absolute Gasteiger partial charge is 0.335 e. The van der Waals surface area contributed by atoms with Crippen molar-refractivity contribution < 1.29 is 35.1 Å². The predicted octanol–water partition coefficient (Wildman–Crippen LogP) is -3.67. The van der Waals surface area contributed by atoms with Crippen LogP contribution in [-0.2, 0) is 9.59 Å². The molecule has 8 heteroatoms. The number of aliphatic carboxylic acids is 1. The fraction of sp³-hybridized carbons (Fsp3) is 0.667. The summed E-state index contributed by atoms with van der Waals surface area (Å²) in [5, 5.41) is 42.7. The van der Waals surface area contributed by atoms with Crippen LogP contribution in [0.4, 0.5) is 0 Å². The van der Waals surface area contributed by atoms with Crippen LogP contribution in [0.25, 0.3) is 0 Å². The van der Waals surface area contributed by atoms with Crippen molar-refractivity contribution in [1.82, 2.24) is 0 Å². The summed E-state index contributed by atoms with van der Waals surface area (Å²) in [4.78, 5) is 20.6. The van der Waals surface area contributed by atoms with Crippen molar-refractivity contribution in [3.8, 4) is 0 Å². The van der Waals surface area contributed by atoms with Crippen molar-refractivity contribution in [3.63, 3.8) is 0 Å². The molecule has 0 aliphatic carbocycles. The van der Waals surface area contributed by atoms with Crippen molar-refractivity contribution in [2.45, 2.75) is 18.3 Å². The predicted molar refractivity (Wildman–Crippen MR) is 43.5 cm³/mol. The van der Waals surface area contributed by atoms with Crippen LogP contribution in [0.5, 0.6) is 0 Å². The van der Waals surface area contributed by atoms with Crippen LogP contribution < -0.4 is 0 Å². The van der Waals surface area contributed by atoms with Crippen LogP contribution in [0, 0.1) is 0 Å². The standard InChI is InChI=1S/C6H10O7.K/c7-1-2(8)3(9)4(10)5(11)6(12)13;/h3-5,7,9-11H,1H2,(H,12,13);. The molecule has 0 aromatic heterocycles. The van der Waals surface area contributed by atoms with Crippen molar-refractivity contribution in [2.24, 2.45) is 0 Å². The summed E-state index contributed by atoms with van der Waals surface area (Å²) in [6.07, 6.45) is -6.50. The van der Waals surface area contributed by atoms with Gasteiger partial charge in [-0.25, -0.2) is 4.79 Å². The summed E-state index contributed by atoms with van der Waals surface area (Å²) >= 11 is 0. The topological polar surface area (TPSA) is 135 Å². The number of carboxylic acid groups (broad SMARTS) is 1. The molecular weight excluding hydrogens is 223 g/mol. The molecule has 14 heavy (non-hydrogen) atoms. The average molecular weight is 233 g/mol. The number of carbonyl (C=O) groups excluding carboxylic acids is 1. The fourth-order valence-corrected chi connectivity index (χ4v) is 0.603. The number of carbonyl (C=O) groups is 2. The first-order valence-corrected chi connectivity index (χ1v) is 3.32. The minimum absolute atomic E-state index is 0. The Morgan fingerprint density at radius 1 is 1.07 bits per heavy atom. The van der Waals surface area contributed by atoms with E-state index in [9.17, 15) is 9.59 Å². The average Bonchev–Trinajstić information content (AvgIpc) is 2.12. The molecule has 77 valence electrons. The molecule has 0 aromatic carbocycles. The first kappa shape index (κ1) is 17.0. The van der Waals surface area contributed by atoms with E-state index in [2.05, 4.69) is 0 Å². The molecule has 7 nitrogen and oxygen atoms in total. The van der Waals surface area contributed by atoms with E-state index in [-0.39, 0.29) is 51.4 Å². The summed E-state index contributed by atoms with van der Waals surface area (Å²) in [6.45, 7) is -1.04. The van der Waals surface area contributed by atoms with Gasteiger partial charge in [-0.3, -0.25) is 4.79 Å². The van der Waals surface area contributed by atoms with Gasteiger partial charge in [0.2, 0.25) is 0 Å². The van der Waals surface area contributed by atoms with Crippen molar-refractivity contribution >= 4 is 63.1 Å². The monoisotopic (exact) mass is 233 g/mol. The van der Waals surface area contributed by atoms with Gasteiger partial charge in [0.25, 0.3) is 0 Å². The number of Topliss-reactive ketones (excluding diaryl/α,β-unsaturated/α-hetero) is 1. The number of hydrogen-bond donors (Lipinski definition) is 5. The van der Waals surface area contributed by atoms with E-state index in [0.29, 0.717) is 0 Å². The molecule has 0 rings (SSSR count). The molecule has 0 heterocycles. The number of hydrogen-bond acceptors (Lipinski definition) is 6. The van der Waals surface area contributed by atoms with Crippen molar-refractivity contribution in [3.05, 3.63) is 0 Å². The summed E-state index contributed by atoms with van der Waals surface area (Å²) in [5.74, 6) is -2.93. The Hall–Kier alpha value is 0.616. The Morgan fingerprint density at radius 2 is 1.50 bits per heavy atom.